The highest BCUT2D eigenvalue weighted by molar-refractivity contribution is 5.36. The van der Waals surface area contributed by atoms with E-state index in [0.29, 0.717) is 13.2 Å². The van der Waals surface area contributed by atoms with Gasteiger partial charge in [-0.25, -0.2) is 0 Å². The Kier molecular flexibility index (Phi) is 9.04. The van der Waals surface area contributed by atoms with E-state index in [2.05, 4.69) is 31.3 Å². The van der Waals surface area contributed by atoms with E-state index in [1.807, 2.05) is 6.07 Å². The first-order chi connectivity index (χ1) is 9.77. The lowest BCUT2D eigenvalue weighted by Crippen LogP contribution is -2.14. The lowest BCUT2D eigenvalue weighted by molar-refractivity contribution is 0.0804. The van der Waals surface area contributed by atoms with Crippen molar-refractivity contribution in [2.24, 2.45) is 0 Å². The van der Waals surface area contributed by atoms with Crippen LogP contribution in [-0.4, -0.2) is 40.1 Å². The maximum Gasteiger partial charge on any atom is 0.123 e. The fourth-order valence-corrected chi connectivity index (χ4v) is 1.86. The molecule has 0 aliphatic rings. The van der Waals surface area contributed by atoms with Crippen molar-refractivity contribution in [3.8, 4) is 5.75 Å². The molecule has 1 aromatic carbocycles. The van der Waals surface area contributed by atoms with Gasteiger partial charge in [-0.05, 0) is 26.0 Å². The van der Waals surface area contributed by atoms with Crippen molar-refractivity contribution < 1.29 is 14.2 Å². The number of rotatable bonds is 11. The summed E-state index contributed by atoms with van der Waals surface area (Å²) >= 11 is 0. The van der Waals surface area contributed by atoms with Gasteiger partial charge in [0.25, 0.3) is 0 Å². The summed E-state index contributed by atoms with van der Waals surface area (Å²) in [6.07, 6.45) is 0.923. The lowest BCUT2D eigenvalue weighted by Gasteiger charge is -2.13. The third-order valence-corrected chi connectivity index (χ3v) is 2.90. The molecule has 1 rings (SSSR count). The first kappa shape index (κ1) is 17.0. The van der Waals surface area contributed by atoms with Crippen LogP contribution in [0, 0.1) is 6.92 Å². The molecule has 0 aromatic heterocycles. The summed E-state index contributed by atoms with van der Waals surface area (Å²) in [6.45, 7) is 8.63. The van der Waals surface area contributed by atoms with Crippen LogP contribution in [-0.2, 0) is 16.0 Å². The predicted octanol–water partition coefficient (Wildman–Crippen LogP) is 2.54. The molecule has 0 unspecified atom stereocenters. The molecular formula is C16H27NO3. The van der Waals surface area contributed by atoms with Gasteiger partial charge in [0.15, 0.2) is 0 Å². The normalized spacial score (nSPS) is 10.8. The smallest absolute Gasteiger partial charge is 0.123 e. The van der Waals surface area contributed by atoms with Crippen LogP contribution in [0.5, 0.6) is 5.75 Å². The summed E-state index contributed by atoms with van der Waals surface area (Å²) in [7, 11) is 1.70. The summed E-state index contributed by atoms with van der Waals surface area (Å²) in [5.74, 6) is 0.942. The fourth-order valence-electron chi connectivity index (χ4n) is 1.86. The molecule has 0 amide bonds. The minimum atomic E-state index is 0.579. The molecule has 0 aliphatic heterocycles. The molecule has 0 radical (unpaired) electrons. The molecule has 0 atom stereocenters. The van der Waals surface area contributed by atoms with Crippen LogP contribution in [0.1, 0.15) is 24.5 Å². The third-order valence-electron chi connectivity index (χ3n) is 2.90. The van der Waals surface area contributed by atoms with Crippen LogP contribution in [0.4, 0.5) is 0 Å². The number of hydrogen-bond acceptors (Lipinski definition) is 4. The molecule has 0 heterocycles. The van der Waals surface area contributed by atoms with E-state index in [9.17, 15) is 0 Å². The van der Waals surface area contributed by atoms with Gasteiger partial charge in [-0.15, -0.1) is 0 Å². The maximum absolute atomic E-state index is 5.80. The fraction of sp³-hybridized carbons (Fsp3) is 0.625. The van der Waals surface area contributed by atoms with Crippen molar-refractivity contribution in [1.29, 1.82) is 0 Å². The van der Waals surface area contributed by atoms with Crippen molar-refractivity contribution in [2.75, 3.05) is 40.1 Å². The van der Waals surface area contributed by atoms with Crippen molar-refractivity contribution in [3.05, 3.63) is 29.3 Å². The Morgan fingerprint density at radius 1 is 1.10 bits per heavy atom. The van der Waals surface area contributed by atoms with Crippen LogP contribution < -0.4 is 10.1 Å². The SMILES string of the molecule is CCNCc1cc(C)ccc1OCCOCCCOC. The van der Waals surface area contributed by atoms with E-state index >= 15 is 0 Å². The van der Waals surface area contributed by atoms with E-state index < -0.39 is 0 Å². The van der Waals surface area contributed by atoms with Gasteiger partial charge in [-0.2, -0.15) is 0 Å². The summed E-state index contributed by atoms with van der Waals surface area (Å²) in [4.78, 5) is 0. The molecular weight excluding hydrogens is 254 g/mol. The number of benzene rings is 1. The van der Waals surface area contributed by atoms with Gasteiger partial charge in [0.05, 0.1) is 6.61 Å². The summed E-state index contributed by atoms with van der Waals surface area (Å²) in [5.41, 5.74) is 2.45. The van der Waals surface area contributed by atoms with Gasteiger partial charge in [-0.3, -0.25) is 0 Å². The molecule has 1 N–H and O–H groups in total. The van der Waals surface area contributed by atoms with Crippen LogP contribution in [0.2, 0.25) is 0 Å². The molecule has 0 saturated carbocycles. The number of hydrogen-bond donors (Lipinski definition) is 1. The average molecular weight is 281 g/mol. The van der Waals surface area contributed by atoms with Gasteiger partial charge in [0.2, 0.25) is 0 Å². The van der Waals surface area contributed by atoms with Crippen molar-refractivity contribution in [2.45, 2.75) is 26.8 Å². The maximum atomic E-state index is 5.80. The van der Waals surface area contributed by atoms with Crippen molar-refractivity contribution in [1.82, 2.24) is 5.32 Å². The van der Waals surface area contributed by atoms with Crippen LogP contribution in [0.15, 0.2) is 18.2 Å². The van der Waals surface area contributed by atoms with Crippen molar-refractivity contribution in [3.63, 3.8) is 0 Å². The second-order valence-electron chi connectivity index (χ2n) is 4.70. The second kappa shape index (κ2) is 10.7. The first-order valence-electron chi connectivity index (χ1n) is 7.27. The van der Waals surface area contributed by atoms with E-state index in [4.69, 9.17) is 14.2 Å². The minimum Gasteiger partial charge on any atom is -0.491 e. The Hall–Kier alpha value is -1.10. The van der Waals surface area contributed by atoms with Gasteiger partial charge >= 0.3 is 0 Å². The topological polar surface area (TPSA) is 39.7 Å². The summed E-state index contributed by atoms with van der Waals surface area (Å²) < 4.78 is 16.2. The van der Waals surface area contributed by atoms with Crippen molar-refractivity contribution >= 4 is 0 Å². The zero-order chi connectivity index (χ0) is 14.6. The van der Waals surface area contributed by atoms with Gasteiger partial charge in [-0.1, -0.05) is 24.6 Å². The van der Waals surface area contributed by atoms with Crippen LogP contribution in [0.3, 0.4) is 0 Å². The van der Waals surface area contributed by atoms with Gasteiger partial charge in [0, 0.05) is 32.4 Å². The molecule has 0 fully saturated rings. The highest BCUT2D eigenvalue weighted by Gasteiger charge is 2.03. The Bertz CT molecular complexity index is 369. The Balaban J connectivity index is 2.31. The molecule has 0 spiro atoms. The lowest BCUT2D eigenvalue weighted by atomic mass is 10.1. The molecule has 0 saturated heterocycles. The molecule has 0 aliphatic carbocycles. The molecule has 4 nitrogen and oxygen atoms in total. The Morgan fingerprint density at radius 2 is 1.95 bits per heavy atom. The number of nitrogens with one attached hydrogen (secondary N) is 1. The molecule has 114 valence electrons. The number of aryl methyl sites for hydroxylation is 1. The first-order valence-corrected chi connectivity index (χ1v) is 7.27. The quantitative estimate of drug-likeness (QED) is 0.633. The predicted molar refractivity (Wildman–Crippen MR) is 81.4 cm³/mol. The zero-order valence-corrected chi connectivity index (χ0v) is 12.9. The van der Waals surface area contributed by atoms with Gasteiger partial charge < -0.3 is 19.5 Å². The zero-order valence-electron chi connectivity index (χ0n) is 12.9. The highest BCUT2D eigenvalue weighted by Crippen LogP contribution is 2.19. The summed E-state index contributed by atoms with van der Waals surface area (Å²) in [6, 6.07) is 6.27. The third kappa shape index (κ3) is 6.89. The van der Waals surface area contributed by atoms with E-state index in [1.54, 1.807) is 7.11 Å². The number of methoxy groups -OCH3 is 1. The Labute approximate surface area is 122 Å². The van der Waals surface area contributed by atoms with E-state index in [0.717, 1.165) is 38.5 Å². The van der Waals surface area contributed by atoms with Crippen LogP contribution in [0.25, 0.3) is 0 Å². The largest absolute Gasteiger partial charge is 0.491 e. The van der Waals surface area contributed by atoms with E-state index in [-0.39, 0.29) is 0 Å². The minimum absolute atomic E-state index is 0.579. The second-order valence-corrected chi connectivity index (χ2v) is 4.70. The Morgan fingerprint density at radius 3 is 2.70 bits per heavy atom. The monoisotopic (exact) mass is 281 g/mol. The molecule has 20 heavy (non-hydrogen) atoms. The number of ether oxygens (including phenoxy) is 3. The van der Waals surface area contributed by atoms with E-state index in [1.165, 1.54) is 11.1 Å². The molecule has 4 heteroatoms. The highest BCUT2D eigenvalue weighted by atomic mass is 16.5. The van der Waals surface area contributed by atoms with Gasteiger partial charge in [0.1, 0.15) is 12.4 Å². The standard InChI is InChI=1S/C16H27NO3/c1-4-17-13-15-12-14(2)6-7-16(15)20-11-10-19-9-5-8-18-3/h6-7,12,17H,4-5,8-11,13H2,1-3H3. The molecule has 0 bridgehead atoms. The molecule has 1 aromatic rings. The summed E-state index contributed by atoms with van der Waals surface area (Å²) in [5, 5.41) is 3.33. The average Bonchev–Trinajstić information content (AvgIpc) is 2.45. The van der Waals surface area contributed by atoms with Crippen LogP contribution >= 0.6 is 0 Å².